The van der Waals surface area contributed by atoms with E-state index in [-0.39, 0.29) is 12.7 Å². The number of esters is 1. The second-order valence-electron chi connectivity index (χ2n) is 6.61. The molecule has 2 aromatic rings. The van der Waals surface area contributed by atoms with Gasteiger partial charge in [0.1, 0.15) is 18.3 Å². The molecule has 1 heterocycles. The fourth-order valence-corrected chi connectivity index (χ4v) is 3.16. The van der Waals surface area contributed by atoms with Gasteiger partial charge in [-0.15, -0.1) is 0 Å². The molecular weight excluding hydrogens is 360 g/mol. The normalized spacial score (nSPS) is 24.6. The second kappa shape index (κ2) is 10.3. The zero-order valence-electron chi connectivity index (χ0n) is 16.2. The molecule has 0 N–H and O–H groups in total. The molecule has 0 aromatic heterocycles. The van der Waals surface area contributed by atoms with Crippen molar-refractivity contribution in [2.24, 2.45) is 0 Å². The van der Waals surface area contributed by atoms with E-state index in [2.05, 4.69) is 0 Å². The molecule has 0 bridgehead atoms. The van der Waals surface area contributed by atoms with Crippen molar-refractivity contribution >= 4 is 5.97 Å². The Morgan fingerprint density at radius 1 is 0.929 bits per heavy atom. The molecule has 1 saturated heterocycles. The predicted octanol–water partition coefficient (Wildman–Crippen LogP) is 3.09. The molecule has 3 rings (SSSR count). The van der Waals surface area contributed by atoms with E-state index in [0.717, 1.165) is 11.1 Å². The minimum absolute atomic E-state index is 0.245. The minimum Gasteiger partial charge on any atom is -0.433 e. The number of methoxy groups -OCH3 is 1. The molecule has 0 aliphatic carbocycles. The second-order valence-corrected chi connectivity index (χ2v) is 6.61. The number of carbonyl (C=O) groups is 1. The number of benzene rings is 2. The third-order valence-electron chi connectivity index (χ3n) is 4.53. The van der Waals surface area contributed by atoms with Gasteiger partial charge in [-0.3, -0.25) is 4.79 Å². The van der Waals surface area contributed by atoms with Crippen LogP contribution in [0.1, 0.15) is 18.1 Å². The number of carbonyl (C=O) groups excluding carboxylic acids is 1. The summed E-state index contributed by atoms with van der Waals surface area (Å²) in [7, 11) is 1.60. The summed E-state index contributed by atoms with van der Waals surface area (Å²) in [5, 5.41) is 0. The highest BCUT2D eigenvalue weighted by Gasteiger charge is 2.44. The van der Waals surface area contributed by atoms with Crippen molar-refractivity contribution in [3.63, 3.8) is 0 Å². The van der Waals surface area contributed by atoms with Gasteiger partial charge in [-0.05, 0) is 11.1 Å². The van der Waals surface area contributed by atoms with Crippen molar-refractivity contribution in [1.82, 2.24) is 0 Å². The van der Waals surface area contributed by atoms with Crippen LogP contribution in [0.2, 0.25) is 0 Å². The molecule has 2 aromatic carbocycles. The fraction of sp³-hybridized carbons (Fsp3) is 0.409. The molecule has 28 heavy (non-hydrogen) atoms. The Balaban J connectivity index is 1.68. The van der Waals surface area contributed by atoms with E-state index in [1.807, 2.05) is 60.7 Å². The molecule has 1 unspecified atom stereocenters. The topological polar surface area (TPSA) is 63.2 Å². The number of ether oxygens (including phenoxy) is 5. The SMILES string of the molecule is CO[C@H]1[C@H](OCc2ccccc2)COC(OC(C)=O)[C@@H]1OCc1ccccc1. The summed E-state index contributed by atoms with van der Waals surface area (Å²) in [5.74, 6) is -0.434. The minimum atomic E-state index is -0.845. The Morgan fingerprint density at radius 3 is 2.04 bits per heavy atom. The molecule has 1 aliphatic heterocycles. The molecule has 150 valence electrons. The van der Waals surface area contributed by atoms with Gasteiger partial charge in [-0.1, -0.05) is 60.7 Å². The summed E-state index contributed by atoms with van der Waals surface area (Å²) in [4.78, 5) is 11.5. The highest BCUT2D eigenvalue weighted by Crippen LogP contribution is 2.26. The van der Waals surface area contributed by atoms with Gasteiger partial charge in [0.25, 0.3) is 0 Å². The number of hydrogen-bond acceptors (Lipinski definition) is 6. The van der Waals surface area contributed by atoms with Gasteiger partial charge < -0.3 is 23.7 Å². The summed E-state index contributed by atoms with van der Waals surface area (Å²) in [6.45, 7) is 2.36. The molecule has 4 atom stereocenters. The Labute approximate surface area is 165 Å². The van der Waals surface area contributed by atoms with E-state index < -0.39 is 24.5 Å². The van der Waals surface area contributed by atoms with Gasteiger partial charge in [0, 0.05) is 14.0 Å². The monoisotopic (exact) mass is 386 g/mol. The smallest absolute Gasteiger partial charge is 0.305 e. The average Bonchev–Trinajstić information content (AvgIpc) is 2.72. The van der Waals surface area contributed by atoms with Gasteiger partial charge in [0.2, 0.25) is 6.29 Å². The van der Waals surface area contributed by atoms with Crippen molar-refractivity contribution in [3.8, 4) is 0 Å². The van der Waals surface area contributed by atoms with E-state index in [1.54, 1.807) is 7.11 Å². The Hall–Kier alpha value is -2.25. The van der Waals surface area contributed by atoms with Crippen molar-refractivity contribution in [1.29, 1.82) is 0 Å². The first kappa shape index (κ1) is 20.5. The van der Waals surface area contributed by atoms with Crippen LogP contribution in [-0.4, -0.2) is 44.3 Å². The standard InChI is InChI=1S/C22H26O6/c1-16(23)28-22-21(26-14-18-11-7-4-8-12-18)20(24-2)19(15-27-22)25-13-17-9-5-3-6-10-17/h3-12,19-22H,13-15H2,1-2H3/t19-,20+,21-,22?/m1/s1. The Kier molecular flexibility index (Phi) is 7.56. The Bertz CT molecular complexity index is 720. The molecule has 0 spiro atoms. The first-order valence-corrected chi connectivity index (χ1v) is 9.30. The lowest BCUT2D eigenvalue weighted by Crippen LogP contribution is -2.56. The van der Waals surface area contributed by atoms with Crippen LogP contribution in [-0.2, 0) is 41.7 Å². The van der Waals surface area contributed by atoms with Gasteiger partial charge in [-0.25, -0.2) is 0 Å². The fourth-order valence-electron chi connectivity index (χ4n) is 3.16. The van der Waals surface area contributed by atoms with Crippen LogP contribution in [0.15, 0.2) is 60.7 Å². The summed E-state index contributed by atoms with van der Waals surface area (Å²) in [5.41, 5.74) is 2.06. The van der Waals surface area contributed by atoms with Crippen molar-refractivity contribution in [2.45, 2.75) is 44.7 Å². The number of rotatable bonds is 8. The van der Waals surface area contributed by atoms with Gasteiger partial charge >= 0.3 is 5.97 Å². The van der Waals surface area contributed by atoms with E-state index >= 15 is 0 Å². The zero-order valence-corrected chi connectivity index (χ0v) is 16.2. The van der Waals surface area contributed by atoms with Crippen molar-refractivity contribution in [2.75, 3.05) is 13.7 Å². The van der Waals surface area contributed by atoms with Crippen LogP contribution in [0.3, 0.4) is 0 Å². The molecule has 0 radical (unpaired) electrons. The molecule has 6 nitrogen and oxygen atoms in total. The molecule has 0 saturated carbocycles. The van der Waals surface area contributed by atoms with Crippen LogP contribution in [0.4, 0.5) is 0 Å². The van der Waals surface area contributed by atoms with Crippen LogP contribution in [0.25, 0.3) is 0 Å². The summed E-state index contributed by atoms with van der Waals surface area (Å²) >= 11 is 0. The van der Waals surface area contributed by atoms with Crippen LogP contribution >= 0.6 is 0 Å². The van der Waals surface area contributed by atoms with Gasteiger partial charge in [0.15, 0.2) is 0 Å². The highest BCUT2D eigenvalue weighted by atomic mass is 16.7. The Morgan fingerprint density at radius 2 is 1.50 bits per heavy atom. The molecule has 0 amide bonds. The lowest BCUT2D eigenvalue weighted by molar-refractivity contribution is -0.286. The lowest BCUT2D eigenvalue weighted by Gasteiger charge is -2.40. The third kappa shape index (κ3) is 5.62. The lowest BCUT2D eigenvalue weighted by atomic mass is 10.0. The van der Waals surface area contributed by atoms with Crippen LogP contribution in [0, 0.1) is 0 Å². The van der Waals surface area contributed by atoms with E-state index in [1.165, 1.54) is 6.92 Å². The maximum Gasteiger partial charge on any atom is 0.305 e. The summed E-state index contributed by atoms with van der Waals surface area (Å²) in [6.07, 6.45) is -2.24. The van der Waals surface area contributed by atoms with E-state index in [4.69, 9.17) is 23.7 Å². The first-order chi connectivity index (χ1) is 13.7. The van der Waals surface area contributed by atoms with Crippen LogP contribution in [0.5, 0.6) is 0 Å². The summed E-state index contributed by atoms with van der Waals surface area (Å²) < 4.78 is 28.8. The largest absolute Gasteiger partial charge is 0.433 e. The van der Waals surface area contributed by atoms with E-state index in [9.17, 15) is 4.79 Å². The van der Waals surface area contributed by atoms with E-state index in [0.29, 0.717) is 13.2 Å². The molecule has 1 fully saturated rings. The highest BCUT2D eigenvalue weighted by molar-refractivity contribution is 5.66. The van der Waals surface area contributed by atoms with Crippen LogP contribution < -0.4 is 0 Å². The van der Waals surface area contributed by atoms with Gasteiger partial charge in [-0.2, -0.15) is 0 Å². The quantitative estimate of drug-likeness (QED) is 0.650. The molecular formula is C22H26O6. The van der Waals surface area contributed by atoms with Gasteiger partial charge in [0.05, 0.1) is 19.8 Å². The molecule has 6 heteroatoms. The molecule has 1 aliphatic rings. The third-order valence-corrected chi connectivity index (χ3v) is 4.53. The number of hydrogen-bond donors (Lipinski definition) is 0. The predicted molar refractivity (Wildman–Crippen MR) is 102 cm³/mol. The summed E-state index contributed by atoms with van der Waals surface area (Å²) in [6, 6.07) is 19.7. The maximum atomic E-state index is 11.5. The zero-order chi connectivity index (χ0) is 19.8. The maximum absolute atomic E-state index is 11.5. The van der Waals surface area contributed by atoms with Crippen molar-refractivity contribution < 1.29 is 28.5 Å². The average molecular weight is 386 g/mol. The van der Waals surface area contributed by atoms with Crippen molar-refractivity contribution in [3.05, 3.63) is 71.8 Å². The first-order valence-electron chi connectivity index (χ1n) is 9.30.